The quantitative estimate of drug-likeness (QED) is 0.477. The molecule has 0 heterocycles. The summed E-state index contributed by atoms with van der Waals surface area (Å²) in [5, 5.41) is 19.2. The van der Waals surface area contributed by atoms with Crippen LogP contribution in [0.25, 0.3) is 0 Å². The van der Waals surface area contributed by atoms with Gasteiger partial charge in [0.05, 0.1) is 16.6 Å². The Bertz CT molecular complexity index is 700. The molecule has 0 unspecified atom stereocenters. The lowest BCUT2D eigenvalue weighted by Gasteiger charge is -2.05. The Kier molecular flexibility index (Phi) is 4.26. The minimum atomic E-state index is -0.526. The molecule has 2 aromatic rings. The van der Waals surface area contributed by atoms with Gasteiger partial charge in [-0.15, -0.1) is 0 Å². The molecular formula is C15H10N2O4. The van der Waals surface area contributed by atoms with Crippen molar-refractivity contribution in [1.82, 2.24) is 0 Å². The van der Waals surface area contributed by atoms with Gasteiger partial charge in [-0.05, 0) is 36.4 Å². The Morgan fingerprint density at radius 1 is 1.14 bits per heavy atom. The van der Waals surface area contributed by atoms with Crippen LogP contribution < -0.4 is 4.74 Å². The van der Waals surface area contributed by atoms with E-state index in [9.17, 15) is 14.9 Å². The number of nitro groups is 1. The summed E-state index contributed by atoms with van der Waals surface area (Å²) in [6.45, 7) is -0.177. The number of nitro benzene ring substituents is 1. The summed E-state index contributed by atoms with van der Waals surface area (Å²) in [6, 6.07) is 13.7. The molecule has 0 bridgehead atoms. The van der Waals surface area contributed by atoms with E-state index in [1.807, 2.05) is 6.07 Å². The average Bonchev–Trinajstić information content (AvgIpc) is 2.53. The van der Waals surface area contributed by atoms with Crippen LogP contribution in [0, 0.1) is 21.4 Å². The predicted molar refractivity (Wildman–Crippen MR) is 74.1 cm³/mol. The number of non-ortho nitro benzene ring substituents is 1. The van der Waals surface area contributed by atoms with Gasteiger partial charge in [0.25, 0.3) is 5.69 Å². The molecule has 0 fully saturated rings. The van der Waals surface area contributed by atoms with Crippen molar-refractivity contribution in [2.45, 2.75) is 0 Å². The van der Waals surface area contributed by atoms with Crippen LogP contribution in [0.15, 0.2) is 48.5 Å². The molecule has 0 radical (unpaired) electrons. The van der Waals surface area contributed by atoms with Crippen LogP contribution in [0.2, 0.25) is 0 Å². The molecule has 6 nitrogen and oxygen atoms in total. The van der Waals surface area contributed by atoms with E-state index in [0.29, 0.717) is 16.9 Å². The van der Waals surface area contributed by atoms with Gasteiger partial charge in [-0.25, -0.2) is 0 Å². The number of carbonyl (C=O) groups is 1. The van der Waals surface area contributed by atoms with E-state index in [1.165, 1.54) is 24.3 Å². The third-order valence-electron chi connectivity index (χ3n) is 2.75. The first-order valence-electron chi connectivity index (χ1n) is 6.01. The molecule has 2 rings (SSSR count). The first kappa shape index (κ1) is 14.2. The lowest BCUT2D eigenvalue weighted by atomic mass is 10.1. The molecule has 0 aliphatic rings. The molecule has 0 aliphatic heterocycles. The lowest BCUT2D eigenvalue weighted by molar-refractivity contribution is -0.384. The number of Topliss-reactive ketones (excluding diaryl/α,β-unsaturated/α-hetero) is 1. The van der Waals surface area contributed by atoms with Gasteiger partial charge in [0.2, 0.25) is 0 Å². The predicted octanol–water partition coefficient (Wildman–Crippen LogP) is 2.73. The SMILES string of the molecule is N#Cc1ccc(OCC(=O)c2ccc([N+](=O)[O-])cc2)cc1. The molecule has 2 aromatic carbocycles. The topological polar surface area (TPSA) is 93.2 Å². The van der Waals surface area contributed by atoms with Gasteiger partial charge in [0.15, 0.2) is 12.4 Å². The Labute approximate surface area is 120 Å². The molecule has 0 saturated heterocycles. The number of ether oxygens (including phenoxy) is 1. The van der Waals surface area contributed by atoms with Gasteiger partial charge < -0.3 is 4.74 Å². The maximum Gasteiger partial charge on any atom is 0.269 e. The Balaban J connectivity index is 1.97. The highest BCUT2D eigenvalue weighted by Gasteiger charge is 2.10. The second kappa shape index (κ2) is 6.30. The average molecular weight is 282 g/mol. The van der Waals surface area contributed by atoms with Crippen molar-refractivity contribution in [3.05, 3.63) is 69.8 Å². The van der Waals surface area contributed by atoms with E-state index < -0.39 is 4.92 Å². The fourth-order valence-corrected chi connectivity index (χ4v) is 1.63. The van der Waals surface area contributed by atoms with Crippen LogP contribution in [0.4, 0.5) is 5.69 Å². The fraction of sp³-hybridized carbons (Fsp3) is 0.0667. The van der Waals surface area contributed by atoms with E-state index in [0.717, 1.165) is 0 Å². The zero-order chi connectivity index (χ0) is 15.2. The first-order valence-corrected chi connectivity index (χ1v) is 6.01. The molecule has 21 heavy (non-hydrogen) atoms. The fourth-order valence-electron chi connectivity index (χ4n) is 1.63. The van der Waals surface area contributed by atoms with Gasteiger partial charge in [0, 0.05) is 17.7 Å². The number of ketones is 1. The van der Waals surface area contributed by atoms with Gasteiger partial charge in [-0.1, -0.05) is 0 Å². The second-order valence-corrected chi connectivity index (χ2v) is 4.15. The smallest absolute Gasteiger partial charge is 0.269 e. The number of nitriles is 1. The second-order valence-electron chi connectivity index (χ2n) is 4.15. The zero-order valence-corrected chi connectivity index (χ0v) is 10.9. The highest BCUT2D eigenvalue weighted by atomic mass is 16.6. The summed E-state index contributed by atoms with van der Waals surface area (Å²) in [6.07, 6.45) is 0. The summed E-state index contributed by atoms with van der Waals surface area (Å²) >= 11 is 0. The number of carbonyl (C=O) groups excluding carboxylic acids is 1. The molecule has 0 saturated carbocycles. The zero-order valence-electron chi connectivity index (χ0n) is 10.9. The van der Waals surface area contributed by atoms with Gasteiger partial charge in [0.1, 0.15) is 5.75 Å². The van der Waals surface area contributed by atoms with Crippen molar-refractivity contribution in [2.24, 2.45) is 0 Å². The van der Waals surface area contributed by atoms with Crippen LogP contribution >= 0.6 is 0 Å². The summed E-state index contributed by atoms with van der Waals surface area (Å²) in [7, 11) is 0. The molecule has 6 heteroatoms. The van der Waals surface area contributed by atoms with Crippen molar-refractivity contribution in [2.75, 3.05) is 6.61 Å². The van der Waals surface area contributed by atoms with Crippen LogP contribution in [-0.4, -0.2) is 17.3 Å². The van der Waals surface area contributed by atoms with Crippen molar-refractivity contribution in [1.29, 1.82) is 5.26 Å². The third kappa shape index (κ3) is 3.64. The molecule has 0 N–H and O–H groups in total. The van der Waals surface area contributed by atoms with Crippen LogP contribution in [0.1, 0.15) is 15.9 Å². The highest BCUT2D eigenvalue weighted by molar-refractivity contribution is 5.97. The van der Waals surface area contributed by atoms with Crippen LogP contribution in [0.5, 0.6) is 5.75 Å². The Morgan fingerprint density at radius 3 is 2.29 bits per heavy atom. The normalized spacial score (nSPS) is 9.67. The van der Waals surface area contributed by atoms with E-state index in [1.54, 1.807) is 24.3 Å². The molecule has 0 aliphatic carbocycles. The van der Waals surface area contributed by atoms with Crippen LogP contribution in [0.3, 0.4) is 0 Å². The number of hydrogen-bond donors (Lipinski definition) is 0. The van der Waals surface area contributed by atoms with E-state index in [2.05, 4.69) is 0 Å². The van der Waals surface area contributed by atoms with Crippen molar-refractivity contribution in [3.8, 4) is 11.8 Å². The number of hydrogen-bond acceptors (Lipinski definition) is 5. The molecule has 0 spiro atoms. The van der Waals surface area contributed by atoms with Crippen molar-refractivity contribution < 1.29 is 14.5 Å². The molecular weight excluding hydrogens is 272 g/mol. The molecule has 0 atom stereocenters. The third-order valence-corrected chi connectivity index (χ3v) is 2.75. The lowest BCUT2D eigenvalue weighted by Crippen LogP contribution is -2.11. The minimum Gasteiger partial charge on any atom is -0.485 e. The van der Waals surface area contributed by atoms with E-state index >= 15 is 0 Å². The maximum atomic E-state index is 11.9. The largest absolute Gasteiger partial charge is 0.485 e. The summed E-state index contributed by atoms with van der Waals surface area (Å²) in [5.74, 6) is 0.193. The van der Waals surface area contributed by atoms with E-state index in [-0.39, 0.29) is 18.1 Å². The van der Waals surface area contributed by atoms with Gasteiger partial charge >= 0.3 is 0 Å². The van der Waals surface area contributed by atoms with E-state index in [4.69, 9.17) is 10.00 Å². The highest BCUT2D eigenvalue weighted by Crippen LogP contribution is 2.14. The molecule has 104 valence electrons. The van der Waals surface area contributed by atoms with Crippen LogP contribution in [-0.2, 0) is 0 Å². The van der Waals surface area contributed by atoms with Gasteiger partial charge in [-0.3, -0.25) is 14.9 Å². The summed E-state index contributed by atoms with van der Waals surface area (Å²) in [4.78, 5) is 21.9. The number of benzene rings is 2. The molecule has 0 amide bonds. The minimum absolute atomic E-state index is 0.0699. The standard InChI is InChI=1S/C15H10N2O4/c16-9-11-1-7-14(8-2-11)21-10-15(18)12-3-5-13(6-4-12)17(19)20/h1-8H,10H2. The maximum absolute atomic E-state index is 11.9. The van der Waals surface area contributed by atoms with Crippen molar-refractivity contribution >= 4 is 11.5 Å². The van der Waals surface area contributed by atoms with Crippen molar-refractivity contribution in [3.63, 3.8) is 0 Å². The molecule has 0 aromatic heterocycles. The Hall–Kier alpha value is -3.20. The summed E-state index contributed by atoms with van der Waals surface area (Å²) in [5.41, 5.74) is 0.776. The number of rotatable bonds is 5. The Morgan fingerprint density at radius 2 is 1.76 bits per heavy atom. The first-order chi connectivity index (χ1) is 10.1. The number of nitrogens with zero attached hydrogens (tertiary/aromatic N) is 2. The monoisotopic (exact) mass is 282 g/mol. The summed E-state index contributed by atoms with van der Waals surface area (Å²) < 4.78 is 5.31. The van der Waals surface area contributed by atoms with Gasteiger partial charge in [-0.2, -0.15) is 5.26 Å².